The van der Waals surface area contributed by atoms with Crippen LogP contribution in [0.2, 0.25) is 0 Å². The second-order valence-corrected chi connectivity index (χ2v) is 8.03. The fraction of sp³-hybridized carbons (Fsp3) is 0.304. The number of aromatic nitrogens is 3. The number of hydrogen-bond acceptors (Lipinski definition) is 6. The van der Waals surface area contributed by atoms with E-state index in [2.05, 4.69) is 20.3 Å². The number of nitrogens with zero attached hydrogens (tertiary/aromatic N) is 3. The lowest BCUT2D eigenvalue weighted by Crippen LogP contribution is -2.52. The summed E-state index contributed by atoms with van der Waals surface area (Å²) < 4.78 is 47.9. The standard InChI is InChI=1S/C23H22F3N5O3/c1-14(31-7-6-23(25,26)19(13-31)15-2-5-21(32)29-9-15)22(33)30-20-4-3-17(12-28-20)34-18-8-16(24)10-27-11-18/h2-5,8-12,14,19H,6-7,13H2,1H3,(H,29,32)(H,28,30,33)/t14?,19-/m1/s1. The van der Waals surface area contributed by atoms with Crippen molar-refractivity contribution in [2.24, 2.45) is 0 Å². The molecule has 1 amide bonds. The molecule has 0 saturated carbocycles. The van der Waals surface area contributed by atoms with Gasteiger partial charge in [-0.2, -0.15) is 0 Å². The minimum Gasteiger partial charge on any atom is -0.454 e. The Bertz CT molecular complexity index is 1200. The van der Waals surface area contributed by atoms with Crippen molar-refractivity contribution in [1.82, 2.24) is 19.9 Å². The van der Waals surface area contributed by atoms with Crippen molar-refractivity contribution in [3.8, 4) is 11.5 Å². The number of anilines is 1. The van der Waals surface area contributed by atoms with E-state index in [1.807, 2.05) is 0 Å². The Morgan fingerprint density at radius 1 is 1.24 bits per heavy atom. The minimum absolute atomic E-state index is 0.0450. The predicted octanol–water partition coefficient (Wildman–Crippen LogP) is 3.55. The molecule has 3 aromatic heterocycles. The van der Waals surface area contributed by atoms with Crippen molar-refractivity contribution in [3.05, 3.63) is 76.9 Å². The maximum atomic E-state index is 14.6. The Hall–Kier alpha value is -3.73. The highest BCUT2D eigenvalue weighted by molar-refractivity contribution is 5.93. The minimum atomic E-state index is -2.96. The highest BCUT2D eigenvalue weighted by atomic mass is 19.3. The lowest BCUT2D eigenvalue weighted by atomic mass is 9.87. The van der Waals surface area contributed by atoms with Crippen molar-refractivity contribution < 1.29 is 22.7 Å². The average molecular weight is 473 g/mol. The Kier molecular flexibility index (Phi) is 6.64. The molecule has 0 spiro atoms. The third-order valence-electron chi connectivity index (χ3n) is 5.70. The van der Waals surface area contributed by atoms with Crippen molar-refractivity contribution in [1.29, 1.82) is 0 Å². The first-order valence-corrected chi connectivity index (χ1v) is 10.6. The van der Waals surface area contributed by atoms with E-state index in [9.17, 15) is 22.8 Å². The van der Waals surface area contributed by atoms with Gasteiger partial charge in [-0.15, -0.1) is 0 Å². The molecule has 2 atom stereocenters. The number of rotatable bonds is 6. The Labute approximate surface area is 192 Å². The van der Waals surface area contributed by atoms with Crippen LogP contribution in [0.1, 0.15) is 24.8 Å². The van der Waals surface area contributed by atoms with Crippen LogP contribution in [0.4, 0.5) is 19.0 Å². The van der Waals surface area contributed by atoms with E-state index in [-0.39, 0.29) is 30.2 Å². The van der Waals surface area contributed by atoms with Crippen LogP contribution >= 0.6 is 0 Å². The normalized spacial score (nSPS) is 18.8. The van der Waals surface area contributed by atoms with E-state index in [1.165, 1.54) is 42.9 Å². The number of carbonyl (C=O) groups excluding carboxylic acids is 1. The number of amides is 1. The fourth-order valence-corrected chi connectivity index (χ4v) is 3.76. The van der Waals surface area contributed by atoms with Gasteiger partial charge in [-0.05, 0) is 24.6 Å². The quantitative estimate of drug-likeness (QED) is 0.568. The van der Waals surface area contributed by atoms with Crippen LogP contribution in [0.5, 0.6) is 11.5 Å². The summed E-state index contributed by atoms with van der Waals surface area (Å²) in [5, 5.41) is 2.67. The van der Waals surface area contributed by atoms with Crippen LogP contribution in [-0.2, 0) is 4.79 Å². The molecule has 34 heavy (non-hydrogen) atoms. The molecule has 4 rings (SSSR count). The van der Waals surface area contributed by atoms with E-state index in [1.54, 1.807) is 17.9 Å². The summed E-state index contributed by atoms with van der Waals surface area (Å²) in [5.41, 5.74) is -0.0587. The van der Waals surface area contributed by atoms with Crippen LogP contribution in [0.15, 0.2) is 59.9 Å². The molecular weight excluding hydrogens is 451 g/mol. The summed E-state index contributed by atoms with van der Waals surface area (Å²) in [6, 6.07) is 6.14. The SMILES string of the molecule is CC(C(=O)Nc1ccc(Oc2cncc(F)c2)cn1)N1CCC(F)(F)[C@@H](c2ccc(=O)[nH]c2)C1. The zero-order valence-electron chi connectivity index (χ0n) is 18.2. The molecule has 4 heterocycles. The lowest BCUT2D eigenvalue weighted by Gasteiger charge is -2.40. The number of halogens is 3. The first-order valence-electron chi connectivity index (χ1n) is 10.6. The second-order valence-electron chi connectivity index (χ2n) is 8.03. The third kappa shape index (κ3) is 5.42. The van der Waals surface area contributed by atoms with Gasteiger partial charge in [0.1, 0.15) is 23.1 Å². The van der Waals surface area contributed by atoms with Gasteiger partial charge in [0, 0.05) is 37.8 Å². The highest BCUT2D eigenvalue weighted by Crippen LogP contribution is 2.40. The highest BCUT2D eigenvalue weighted by Gasteiger charge is 2.46. The van der Waals surface area contributed by atoms with E-state index in [0.717, 1.165) is 6.20 Å². The van der Waals surface area contributed by atoms with Crippen LogP contribution < -0.4 is 15.6 Å². The number of likely N-dealkylation sites (tertiary alicyclic amines) is 1. The van der Waals surface area contributed by atoms with Gasteiger partial charge >= 0.3 is 0 Å². The number of ether oxygens (including phenoxy) is 1. The first-order chi connectivity index (χ1) is 16.2. The van der Waals surface area contributed by atoms with Crippen LogP contribution in [0, 0.1) is 5.82 Å². The summed E-state index contributed by atoms with van der Waals surface area (Å²) in [5.74, 6) is -4.28. The molecule has 8 nitrogen and oxygen atoms in total. The van der Waals surface area contributed by atoms with Gasteiger partial charge in [-0.1, -0.05) is 6.07 Å². The summed E-state index contributed by atoms with van der Waals surface area (Å²) in [4.78, 5) is 36.0. The number of pyridine rings is 3. The second kappa shape index (κ2) is 9.64. The largest absolute Gasteiger partial charge is 0.454 e. The lowest BCUT2D eigenvalue weighted by molar-refractivity contribution is -0.125. The maximum Gasteiger partial charge on any atom is 0.257 e. The number of H-pyrrole nitrogens is 1. The van der Waals surface area contributed by atoms with Gasteiger partial charge in [0.15, 0.2) is 0 Å². The third-order valence-corrected chi connectivity index (χ3v) is 5.70. The average Bonchev–Trinajstić information content (AvgIpc) is 2.80. The Morgan fingerprint density at radius 2 is 2.06 bits per heavy atom. The van der Waals surface area contributed by atoms with Crippen LogP contribution in [-0.4, -0.2) is 50.8 Å². The fourth-order valence-electron chi connectivity index (χ4n) is 3.76. The molecule has 1 aliphatic heterocycles. The van der Waals surface area contributed by atoms with Crippen molar-refractivity contribution >= 4 is 11.7 Å². The summed E-state index contributed by atoms with van der Waals surface area (Å²) in [6.07, 6.45) is 4.65. The van der Waals surface area contributed by atoms with Crippen molar-refractivity contribution in [2.75, 3.05) is 18.4 Å². The molecule has 11 heteroatoms. The molecule has 1 aliphatic rings. The molecule has 1 unspecified atom stereocenters. The molecule has 0 radical (unpaired) electrons. The van der Waals surface area contributed by atoms with Gasteiger partial charge in [-0.25, -0.2) is 18.2 Å². The zero-order chi connectivity index (χ0) is 24.3. The number of nitrogens with one attached hydrogen (secondary N) is 2. The molecular formula is C23H22F3N5O3. The molecule has 2 N–H and O–H groups in total. The van der Waals surface area contributed by atoms with Crippen LogP contribution in [0.3, 0.4) is 0 Å². The van der Waals surface area contributed by atoms with Gasteiger partial charge < -0.3 is 15.0 Å². The van der Waals surface area contributed by atoms with E-state index >= 15 is 0 Å². The van der Waals surface area contributed by atoms with Gasteiger partial charge in [0.25, 0.3) is 5.92 Å². The summed E-state index contributed by atoms with van der Waals surface area (Å²) in [6.45, 7) is 1.63. The smallest absolute Gasteiger partial charge is 0.257 e. The van der Waals surface area contributed by atoms with E-state index in [0.29, 0.717) is 11.3 Å². The van der Waals surface area contributed by atoms with Crippen molar-refractivity contribution in [3.63, 3.8) is 0 Å². The number of piperidine rings is 1. The maximum absolute atomic E-state index is 14.6. The summed E-state index contributed by atoms with van der Waals surface area (Å²) in [7, 11) is 0. The van der Waals surface area contributed by atoms with Gasteiger partial charge in [0.05, 0.1) is 30.6 Å². The number of carbonyl (C=O) groups is 1. The first kappa shape index (κ1) is 23.4. The predicted molar refractivity (Wildman–Crippen MR) is 118 cm³/mol. The molecule has 0 aromatic carbocycles. The van der Waals surface area contributed by atoms with Crippen molar-refractivity contribution in [2.45, 2.75) is 31.2 Å². The van der Waals surface area contributed by atoms with Gasteiger partial charge in [0.2, 0.25) is 11.5 Å². The zero-order valence-corrected chi connectivity index (χ0v) is 18.2. The molecule has 3 aromatic rings. The van der Waals surface area contributed by atoms with Gasteiger partial charge in [-0.3, -0.25) is 19.5 Å². The monoisotopic (exact) mass is 473 g/mol. The Balaban J connectivity index is 1.39. The number of hydrogen-bond donors (Lipinski definition) is 2. The number of aromatic amines is 1. The van der Waals surface area contributed by atoms with E-state index in [4.69, 9.17) is 4.74 Å². The molecule has 1 saturated heterocycles. The molecule has 178 valence electrons. The topological polar surface area (TPSA) is 100 Å². The molecule has 0 bridgehead atoms. The molecule has 0 aliphatic carbocycles. The Morgan fingerprint density at radius 3 is 2.74 bits per heavy atom. The number of alkyl halides is 2. The van der Waals surface area contributed by atoms with Crippen LogP contribution in [0.25, 0.3) is 0 Å². The van der Waals surface area contributed by atoms with E-state index < -0.39 is 36.0 Å². The molecule has 1 fully saturated rings. The summed E-state index contributed by atoms with van der Waals surface area (Å²) >= 11 is 0.